The van der Waals surface area contributed by atoms with Gasteiger partial charge in [-0.05, 0) is 17.7 Å². The predicted octanol–water partition coefficient (Wildman–Crippen LogP) is 4.96. The zero-order valence-electron chi connectivity index (χ0n) is 12.3. The maximum atomic E-state index is 12.6. The number of aromatic carboxylic acids is 1. The van der Waals surface area contributed by atoms with Crippen LogP contribution in [0.25, 0.3) is 11.1 Å². The molecule has 0 spiro atoms. The van der Waals surface area contributed by atoms with Gasteiger partial charge in [-0.15, -0.1) is 0 Å². The second kappa shape index (κ2) is 5.19. The van der Waals surface area contributed by atoms with Crippen LogP contribution >= 0.6 is 0 Å². The summed E-state index contributed by atoms with van der Waals surface area (Å²) in [4.78, 5) is 11.5. The van der Waals surface area contributed by atoms with Crippen molar-refractivity contribution < 1.29 is 27.5 Å². The Bertz CT molecular complexity index is 689. The first-order valence-electron chi connectivity index (χ1n) is 6.54. The lowest BCUT2D eigenvalue weighted by molar-refractivity contribution is -0.137. The first-order valence-corrected chi connectivity index (χ1v) is 6.54. The van der Waals surface area contributed by atoms with Gasteiger partial charge in [0, 0.05) is 11.0 Å². The Kier molecular flexibility index (Phi) is 3.81. The number of rotatable bonds is 2. The summed E-state index contributed by atoms with van der Waals surface area (Å²) in [5.41, 5.74) is -0.701. The summed E-state index contributed by atoms with van der Waals surface area (Å²) in [5.74, 6) is -0.886. The summed E-state index contributed by atoms with van der Waals surface area (Å²) in [6, 6.07) is 4.33. The molecule has 0 aliphatic heterocycles. The monoisotopic (exact) mass is 312 g/mol. The maximum absolute atomic E-state index is 12.6. The van der Waals surface area contributed by atoms with E-state index in [9.17, 15) is 23.1 Å². The summed E-state index contributed by atoms with van der Waals surface area (Å²) in [5, 5.41) is 9.40. The molecule has 0 amide bonds. The molecular formula is C16H15F3O3. The number of hydrogen-bond donors (Lipinski definition) is 1. The molecule has 0 radical (unpaired) electrons. The van der Waals surface area contributed by atoms with E-state index < -0.39 is 23.1 Å². The average Bonchev–Trinajstić information content (AvgIpc) is 2.82. The van der Waals surface area contributed by atoms with Gasteiger partial charge in [-0.3, -0.25) is 0 Å². The van der Waals surface area contributed by atoms with E-state index in [1.165, 1.54) is 18.4 Å². The van der Waals surface area contributed by atoms with Crippen molar-refractivity contribution in [1.82, 2.24) is 0 Å². The molecule has 1 aromatic carbocycles. The van der Waals surface area contributed by atoms with Gasteiger partial charge in [0.05, 0.1) is 11.8 Å². The van der Waals surface area contributed by atoms with E-state index in [1.807, 2.05) is 0 Å². The maximum Gasteiger partial charge on any atom is 0.416 e. The molecule has 2 rings (SSSR count). The zero-order valence-corrected chi connectivity index (χ0v) is 12.3. The molecule has 0 unspecified atom stereocenters. The third-order valence-electron chi connectivity index (χ3n) is 3.21. The summed E-state index contributed by atoms with van der Waals surface area (Å²) < 4.78 is 43.1. The molecule has 0 fully saturated rings. The lowest BCUT2D eigenvalue weighted by Gasteiger charge is -2.16. The van der Waals surface area contributed by atoms with Gasteiger partial charge in [-0.2, -0.15) is 13.2 Å². The van der Waals surface area contributed by atoms with Crippen LogP contribution in [0.4, 0.5) is 13.2 Å². The van der Waals surface area contributed by atoms with Crippen molar-refractivity contribution in [1.29, 1.82) is 0 Å². The van der Waals surface area contributed by atoms with Gasteiger partial charge in [-0.1, -0.05) is 32.9 Å². The molecule has 0 bridgehead atoms. The van der Waals surface area contributed by atoms with Crippen LogP contribution in [0.15, 0.2) is 34.9 Å². The molecule has 0 saturated carbocycles. The second-order valence-electron chi connectivity index (χ2n) is 5.98. The highest BCUT2D eigenvalue weighted by atomic mass is 19.4. The topological polar surface area (TPSA) is 50.4 Å². The van der Waals surface area contributed by atoms with Crippen molar-refractivity contribution >= 4 is 5.97 Å². The quantitative estimate of drug-likeness (QED) is 0.852. The Morgan fingerprint density at radius 2 is 1.64 bits per heavy atom. The number of halogens is 3. The van der Waals surface area contributed by atoms with E-state index in [0.29, 0.717) is 5.56 Å². The van der Waals surface area contributed by atoms with Crippen molar-refractivity contribution in [2.45, 2.75) is 32.4 Å². The van der Waals surface area contributed by atoms with E-state index >= 15 is 0 Å². The summed E-state index contributed by atoms with van der Waals surface area (Å²) in [6.07, 6.45) is -3.16. The van der Waals surface area contributed by atoms with Crippen LogP contribution in [0, 0.1) is 0 Å². The van der Waals surface area contributed by atoms with Crippen molar-refractivity contribution in [3.63, 3.8) is 0 Å². The standard InChI is InChI=1S/C16H15F3O3/c1-15(2,3)13-12(14(20)21)11(8-22-13)9-4-6-10(7-5-9)16(17,18)19/h4-8H,1-3H3,(H,20,21). The lowest BCUT2D eigenvalue weighted by Crippen LogP contribution is -2.15. The summed E-state index contributed by atoms with van der Waals surface area (Å²) >= 11 is 0. The van der Waals surface area contributed by atoms with E-state index in [4.69, 9.17) is 4.42 Å². The number of furan rings is 1. The lowest BCUT2D eigenvalue weighted by atomic mass is 9.88. The van der Waals surface area contributed by atoms with Gasteiger partial charge in [0.2, 0.25) is 0 Å². The largest absolute Gasteiger partial charge is 0.478 e. The fraction of sp³-hybridized carbons (Fsp3) is 0.312. The first-order chi connectivity index (χ1) is 10.0. The molecule has 22 heavy (non-hydrogen) atoms. The highest BCUT2D eigenvalue weighted by Gasteiger charge is 2.32. The van der Waals surface area contributed by atoms with Crippen LogP contribution in [-0.2, 0) is 11.6 Å². The number of carboxylic acid groups (broad SMARTS) is 1. The number of carbonyl (C=O) groups is 1. The molecule has 2 aromatic rings. The highest BCUT2D eigenvalue weighted by Crippen LogP contribution is 2.36. The Morgan fingerprint density at radius 1 is 1.09 bits per heavy atom. The van der Waals surface area contributed by atoms with Crippen molar-refractivity contribution in [3.05, 3.63) is 47.4 Å². The van der Waals surface area contributed by atoms with Crippen LogP contribution in [0.2, 0.25) is 0 Å². The van der Waals surface area contributed by atoms with Gasteiger partial charge in [0.25, 0.3) is 0 Å². The Hall–Kier alpha value is -2.24. The Balaban J connectivity index is 2.54. The van der Waals surface area contributed by atoms with Crippen LogP contribution in [0.3, 0.4) is 0 Å². The van der Waals surface area contributed by atoms with Gasteiger partial charge in [0.1, 0.15) is 11.3 Å². The predicted molar refractivity (Wildman–Crippen MR) is 74.8 cm³/mol. The van der Waals surface area contributed by atoms with Crippen LogP contribution in [-0.4, -0.2) is 11.1 Å². The van der Waals surface area contributed by atoms with Gasteiger partial charge in [0.15, 0.2) is 0 Å². The van der Waals surface area contributed by atoms with E-state index in [-0.39, 0.29) is 16.9 Å². The Morgan fingerprint density at radius 3 is 2.05 bits per heavy atom. The number of benzene rings is 1. The average molecular weight is 312 g/mol. The van der Waals surface area contributed by atoms with Gasteiger partial charge in [-0.25, -0.2) is 4.79 Å². The second-order valence-corrected chi connectivity index (χ2v) is 5.98. The van der Waals surface area contributed by atoms with E-state index in [0.717, 1.165) is 12.1 Å². The van der Waals surface area contributed by atoms with Gasteiger partial charge >= 0.3 is 12.1 Å². The minimum absolute atomic E-state index is 0.0211. The summed E-state index contributed by atoms with van der Waals surface area (Å²) in [6.45, 7) is 5.40. The van der Waals surface area contributed by atoms with Gasteiger partial charge < -0.3 is 9.52 Å². The number of alkyl halides is 3. The zero-order chi connectivity index (χ0) is 16.7. The van der Waals surface area contributed by atoms with Crippen molar-refractivity contribution in [2.24, 2.45) is 0 Å². The van der Waals surface area contributed by atoms with Crippen molar-refractivity contribution in [2.75, 3.05) is 0 Å². The van der Waals surface area contributed by atoms with Crippen molar-refractivity contribution in [3.8, 4) is 11.1 Å². The highest BCUT2D eigenvalue weighted by molar-refractivity contribution is 5.97. The SMILES string of the molecule is CC(C)(C)c1occ(-c2ccc(C(F)(F)F)cc2)c1C(=O)O. The molecule has 0 saturated heterocycles. The molecule has 3 nitrogen and oxygen atoms in total. The molecule has 0 atom stereocenters. The fourth-order valence-electron chi connectivity index (χ4n) is 2.17. The third-order valence-corrected chi connectivity index (χ3v) is 3.21. The third kappa shape index (κ3) is 3.00. The van der Waals surface area contributed by atoms with Crippen LogP contribution in [0.5, 0.6) is 0 Å². The smallest absolute Gasteiger partial charge is 0.416 e. The molecule has 118 valence electrons. The minimum Gasteiger partial charge on any atom is -0.478 e. The van der Waals surface area contributed by atoms with Crippen LogP contribution in [0.1, 0.15) is 42.5 Å². The summed E-state index contributed by atoms with van der Waals surface area (Å²) in [7, 11) is 0. The molecule has 1 N–H and O–H groups in total. The number of carboxylic acids is 1. The normalized spacial score (nSPS) is 12.5. The molecule has 6 heteroatoms. The number of hydrogen-bond acceptors (Lipinski definition) is 2. The molecule has 0 aliphatic carbocycles. The fourth-order valence-corrected chi connectivity index (χ4v) is 2.17. The molecule has 1 aromatic heterocycles. The Labute approximate surface area is 125 Å². The van der Waals surface area contributed by atoms with E-state index in [2.05, 4.69) is 0 Å². The first kappa shape index (κ1) is 16.1. The van der Waals surface area contributed by atoms with Crippen LogP contribution < -0.4 is 0 Å². The molecule has 0 aliphatic rings. The van der Waals surface area contributed by atoms with E-state index in [1.54, 1.807) is 20.8 Å². The molecule has 1 heterocycles. The minimum atomic E-state index is -4.43. The molecular weight excluding hydrogens is 297 g/mol.